The van der Waals surface area contributed by atoms with Gasteiger partial charge < -0.3 is 38.7 Å². The van der Waals surface area contributed by atoms with Crippen LogP contribution in [0.25, 0.3) is 22.1 Å². The molecule has 0 atom stereocenters. The number of carbonyl (C=O) groups excluding carboxylic acids is 1. The maximum atomic E-state index is 13.4. The maximum absolute atomic E-state index is 13.4. The highest BCUT2D eigenvalue weighted by Gasteiger charge is 2.32. The number of aromatic nitrogens is 4. The van der Waals surface area contributed by atoms with E-state index < -0.39 is 21.2 Å². The predicted molar refractivity (Wildman–Crippen MR) is 242 cm³/mol. The van der Waals surface area contributed by atoms with E-state index in [1.54, 1.807) is 12.1 Å². The maximum Gasteiger partial charge on any atom is 0.264 e. The third kappa shape index (κ3) is 10.7. The molecule has 5 aromatic rings. The molecule has 2 aliphatic rings. The van der Waals surface area contributed by atoms with Gasteiger partial charge in [-0.25, -0.2) is 18.4 Å². The van der Waals surface area contributed by atoms with Crippen LogP contribution in [0.3, 0.4) is 0 Å². The van der Waals surface area contributed by atoms with E-state index in [-0.39, 0.29) is 10.8 Å². The van der Waals surface area contributed by atoms with Crippen molar-refractivity contribution in [3.63, 3.8) is 0 Å². The second kappa shape index (κ2) is 19.7. The zero-order valence-electron chi connectivity index (χ0n) is 37.4. The van der Waals surface area contributed by atoms with E-state index in [4.69, 9.17) is 28.9 Å². The average Bonchev–Trinajstić information content (AvgIpc) is 3.80. The summed E-state index contributed by atoms with van der Waals surface area (Å²) in [6, 6.07) is 18.1. The standard InChI is InChI=1S/C27H36N4O5S.C19H29N3O2/c1-6-36-27(3,4)26-29-24-17-22(9-12-25(24)31(26)18-20-13-15-35-16-14-20)30(5)37(33,34)23-10-7-21(8-11-23)28-19(2)32;1-5-24-19(2,3)18-21-16-12-15(20-4)6-7-17(16)22(18)13-14-8-10-23-11-9-14/h7-12,17,20H,6,13-16,18H2,1-5H3,(H,28,32);6-7,12,14,20H,5,8-11,13H2,1-4H3. The summed E-state index contributed by atoms with van der Waals surface area (Å²) in [7, 11) is -0.356. The number of carbonyl (C=O) groups is 1. The van der Waals surface area contributed by atoms with E-state index in [2.05, 4.69) is 51.8 Å². The number of anilines is 3. The SMILES string of the molecule is CCOC(C)(C)c1nc2cc(N(C)S(=O)(=O)c3ccc(NC(C)=O)cc3)ccc2n1CC1CCOCC1.CCOC(C)(C)c1nc2cc(NC)ccc2n1CC1CCOCC1. The van der Waals surface area contributed by atoms with Crippen LogP contribution >= 0.6 is 0 Å². The lowest BCUT2D eigenvalue weighted by molar-refractivity contribution is -0.114. The summed E-state index contributed by atoms with van der Waals surface area (Å²) >= 11 is 0. The predicted octanol–water partition coefficient (Wildman–Crippen LogP) is 8.29. The molecule has 2 aromatic heterocycles. The van der Waals surface area contributed by atoms with Gasteiger partial charge in [-0.3, -0.25) is 9.10 Å². The van der Waals surface area contributed by atoms with Gasteiger partial charge in [0.1, 0.15) is 22.9 Å². The summed E-state index contributed by atoms with van der Waals surface area (Å²) in [6.07, 6.45) is 4.22. The van der Waals surface area contributed by atoms with Crippen molar-refractivity contribution in [2.45, 2.75) is 103 Å². The molecule has 0 bridgehead atoms. The van der Waals surface area contributed by atoms with Gasteiger partial charge in [0.05, 0.1) is 32.6 Å². The first-order chi connectivity index (χ1) is 29.1. The molecule has 14 nitrogen and oxygen atoms in total. The molecule has 0 unspecified atom stereocenters. The van der Waals surface area contributed by atoms with Crippen LogP contribution in [-0.4, -0.2) is 87.2 Å². The number of rotatable bonds is 15. The molecule has 0 aliphatic carbocycles. The number of nitrogens with one attached hydrogen (secondary N) is 2. The fourth-order valence-electron chi connectivity index (χ4n) is 8.32. The number of fused-ring (bicyclic) bond motifs is 2. The van der Waals surface area contributed by atoms with Crippen molar-refractivity contribution < 1.29 is 32.2 Å². The van der Waals surface area contributed by atoms with E-state index in [0.717, 1.165) is 99.1 Å². The first-order valence-electron chi connectivity index (χ1n) is 21.6. The Hall–Kier alpha value is -4.54. The van der Waals surface area contributed by atoms with Gasteiger partial charge in [0, 0.05) is 85.1 Å². The number of hydrogen-bond acceptors (Lipinski definition) is 10. The largest absolute Gasteiger partial charge is 0.388 e. The van der Waals surface area contributed by atoms with E-state index >= 15 is 0 Å². The van der Waals surface area contributed by atoms with Crippen molar-refractivity contribution in [1.82, 2.24) is 19.1 Å². The summed E-state index contributed by atoms with van der Waals surface area (Å²) in [5.74, 6) is 2.73. The van der Waals surface area contributed by atoms with Crippen LogP contribution in [0.5, 0.6) is 0 Å². The molecule has 2 fully saturated rings. The number of nitrogens with zero attached hydrogens (tertiary/aromatic N) is 5. The number of hydrogen-bond donors (Lipinski definition) is 2. The normalized spacial score (nSPS) is 15.8. The number of amides is 1. The van der Waals surface area contributed by atoms with Gasteiger partial charge in [0.15, 0.2) is 0 Å². The molecule has 7 rings (SSSR count). The second-order valence-corrected chi connectivity index (χ2v) is 18.9. The van der Waals surface area contributed by atoms with Crippen LogP contribution in [0, 0.1) is 11.8 Å². The van der Waals surface area contributed by atoms with Gasteiger partial charge >= 0.3 is 0 Å². The van der Waals surface area contributed by atoms with Crippen molar-refractivity contribution in [1.29, 1.82) is 0 Å². The lowest BCUT2D eigenvalue weighted by atomic mass is 9.99. The van der Waals surface area contributed by atoms with Crippen LogP contribution < -0.4 is 14.9 Å². The Balaban J connectivity index is 0.000000223. The van der Waals surface area contributed by atoms with Crippen LogP contribution in [0.4, 0.5) is 17.1 Å². The molecule has 4 heterocycles. The molecule has 2 N–H and O–H groups in total. The molecule has 0 radical (unpaired) electrons. The topological polar surface area (TPSA) is 151 Å². The van der Waals surface area contributed by atoms with E-state index in [9.17, 15) is 13.2 Å². The van der Waals surface area contributed by atoms with E-state index in [1.807, 2.05) is 52.9 Å². The van der Waals surface area contributed by atoms with Gasteiger partial charge in [-0.15, -0.1) is 0 Å². The molecule has 0 spiro atoms. The van der Waals surface area contributed by atoms with Crippen molar-refractivity contribution in [3.05, 3.63) is 72.3 Å². The molecular formula is C46H65N7O7S. The summed E-state index contributed by atoms with van der Waals surface area (Å²) < 4.78 is 55.7. The third-order valence-electron chi connectivity index (χ3n) is 11.6. The van der Waals surface area contributed by atoms with Gasteiger partial charge in [0.25, 0.3) is 10.0 Å². The molecule has 61 heavy (non-hydrogen) atoms. The van der Waals surface area contributed by atoms with Crippen LogP contribution in [0.2, 0.25) is 0 Å². The monoisotopic (exact) mass is 859 g/mol. The average molecular weight is 860 g/mol. The van der Waals surface area contributed by atoms with Gasteiger partial charge in [-0.2, -0.15) is 0 Å². The number of sulfonamides is 1. The lowest BCUT2D eigenvalue weighted by Crippen LogP contribution is -2.29. The Morgan fingerprint density at radius 3 is 1.67 bits per heavy atom. The number of benzene rings is 3. The highest BCUT2D eigenvalue weighted by Crippen LogP contribution is 2.34. The first kappa shape index (κ1) is 46.0. The van der Waals surface area contributed by atoms with Gasteiger partial charge in [-0.1, -0.05) is 0 Å². The third-order valence-corrected chi connectivity index (χ3v) is 13.4. The summed E-state index contributed by atoms with van der Waals surface area (Å²) in [5.41, 5.74) is 4.99. The van der Waals surface area contributed by atoms with Crippen LogP contribution in [0.1, 0.15) is 85.8 Å². The van der Waals surface area contributed by atoms with Crippen molar-refractivity contribution in [3.8, 4) is 0 Å². The molecule has 0 saturated carbocycles. The molecular weight excluding hydrogens is 795 g/mol. The minimum atomic E-state index is -3.82. The minimum Gasteiger partial charge on any atom is -0.388 e. The van der Waals surface area contributed by atoms with Gasteiger partial charge in [-0.05, 0) is 140 Å². The molecule has 332 valence electrons. The Morgan fingerprint density at radius 2 is 1.21 bits per heavy atom. The van der Waals surface area contributed by atoms with E-state index in [0.29, 0.717) is 36.4 Å². The molecule has 15 heteroatoms. The van der Waals surface area contributed by atoms with Crippen LogP contribution in [-0.2, 0) is 58.1 Å². The van der Waals surface area contributed by atoms with Gasteiger partial charge in [0.2, 0.25) is 5.91 Å². The molecule has 2 saturated heterocycles. The summed E-state index contributed by atoms with van der Waals surface area (Å²) in [4.78, 5) is 21.3. The Morgan fingerprint density at radius 1 is 0.754 bits per heavy atom. The van der Waals surface area contributed by atoms with Crippen molar-refractivity contribution >= 4 is 55.1 Å². The Bertz CT molecular complexity index is 2360. The smallest absolute Gasteiger partial charge is 0.264 e. The number of imidazole rings is 2. The zero-order chi connectivity index (χ0) is 44.0. The highest BCUT2D eigenvalue weighted by atomic mass is 32.2. The summed E-state index contributed by atoms with van der Waals surface area (Å²) in [6.45, 7) is 19.9. The highest BCUT2D eigenvalue weighted by molar-refractivity contribution is 7.92. The van der Waals surface area contributed by atoms with Crippen LogP contribution in [0.15, 0.2) is 65.6 Å². The fraction of sp³-hybridized carbons (Fsp3) is 0.543. The minimum absolute atomic E-state index is 0.132. The Labute approximate surface area is 361 Å². The first-order valence-corrected chi connectivity index (χ1v) is 23.0. The summed E-state index contributed by atoms with van der Waals surface area (Å²) in [5, 5.41) is 5.84. The fourth-order valence-corrected chi connectivity index (χ4v) is 9.51. The molecule has 3 aromatic carbocycles. The van der Waals surface area contributed by atoms with Crippen molar-refractivity contribution in [2.75, 3.05) is 68.7 Å². The second-order valence-electron chi connectivity index (χ2n) is 16.9. The zero-order valence-corrected chi connectivity index (χ0v) is 38.2. The quantitative estimate of drug-likeness (QED) is 0.105. The van der Waals surface area contributed by atoms with E-state index in [1.165, 1.54) is 35.9 Å². The number of ether oxygens (including phenoxy) is 4. The lowest BCUT2D eigenvalue weighted by Gasteiger charge is -2.28. The molecule has 1 amide bonds. The Kier molecular flexibility index (Phi) is 14.8. The van der Waals surface area contributed by atoms with Crippen molar-refractivity contribution in [2.24, 2.45) is 11.8 Å². The molecule has 2 aliphatic heterocycles.